The average Bonchev–Trinajstić information content (AvgIpc) is 2.93. The highest BCUT2D eigenvalue weighted by Gasteiger charge is 2.32. The standard InChI is InChI=1S/C18H30INOSSi/c1-7-23(8-2,9-3)21-18(11-10-15(5)19)14(4)12-17-13-20-16(6)22-17/h10,12-13,18H,7-9,11H2,1-6H3/b14-12+,15-10-. The minimum atomic E-state index is -1.61. The third-order valence-corrected chi connectivity index (χ3v) is 10.4. The minimum Gasteiger partial charge on any atom is -0.410 e. The van der Waals surface area contributed by atoms with Gasteiger partial charge in [0.2, 0.25) is 0 Å². The Bertz CT molecular complexity index is 537. The summed E-state index contributed by atoms with van der Waals surface area (Å²) in [7, 11) is -1.61. The molecule has 1 rings (SSSR count). The lowest BCUT2D eigenvalue weighted by Crippen LogP contribution is -2.40. The van der Waals surface area contributed by atoms with E-state index in [1.165, 1.54) is 32.2 Å². The maximum Gasteiger partial charge on any atom is 0.192 e. The van der Waals surface area contributed by atoms with Crippen LogP contribution >= 0.6 is 33.9 Å². The largest absolute Gasteiger partial charge is 0.410 e. The maximum absolute atomic E-state index is 6.78. The minimum absolute atomic E-state index is 0.189. The van der Waals surface area contributed by atoms with Gasteiger partial charge in [-0.2, -0.15) is 0 Å². The predicted molar refractivity (Wildman–Crippen MR) is 115 cm³/mol. The van der Waals surface area contributed by atoms with E-state index >= 15 is 0 Å². The van der Waals surface area contributed by atoms with Gasteiger partial charge in [0.1, 0.15) is 0 Å². The Kier molecular flexibility index (Phi) is 9.26. The summed E-state index contributed by atoms with van der Waals surface area (Å²) in [6.45, 7) is 13.3. The van der Waals surface area contributed by atoms with Crippen LogP contribution in [0.4, 0.5) is 0 Å². The van der Waals surface area contributed by atoms with Crippen molar-refractivity contribution in [3.05, 3.63) is 31.3 Å². The predicted octanol–water partition coefficient (Wildman–Crippen LogP) is 6.97. The first kappa shape index (κ1) is 21.1. The number of hydrogen-bond donors (Lipinski definition) is 0. The molecule has 0 aliphatic carbocycles. The van der Waals surface area contributed by atoms with E-state index in [-0.39, 0.29) is 6.10 Å². The van der Waals surface area contributed by atoms with Crippen molar-refractivity contribution < 1.29 is 4.43 Å². The van der Waals surface area contributed by atoms with Gasteiger partial charge in [0.15, 0.2) is 8.32 Å². The van der Waals surface area contributed by atoms with Crippen LogP contribution in [0, 0.1) is 6.92 Å². The van der Waals surface area contributed by atoms with Gasteiger partial charge >= 0.3 is 0 Å². The van der Waals surface area contributed by atoms with Gasteiger partial charge in [-0.25, -0.2) is 4.98 Å². The second-order valence-electron chi connectivity index (χ2n) is 6.05. The summed E-state index contributed by atoms with van der Waals surface area (Å²) in [6.07, 6.45) is 7.66. The van der Waals surface area contributed by atoms with Crippen molar-refractivity contribution in [3.63, 3.8) is 0 Å². The summed E-state index contributed by atoms with van der Waals surface area (Å²) in [6, 6.07) is 3.57. The van der Waals surface area contributed by atoms with E-state index < -0.39 is 8.32 Å². The number of nitrogens with zero attached hydrogens (tertiary/aromatic N) is 1. The van der Waals surface area contributed by atoms with Gasteiger partial charge in [0, 0.05) is 11.1 Å². The first-order valence-corrected chi connectivity index (χ1v) is 12.9. The number of aryl methyl sites for hydroxylation is 1. The Morgan fingerprint density at radius 3 is 2.35 bits per heavy atom. The summed E-state index contributed by atoms with van der Waals surface area (Å²) in [5, 5.41) is 1.11. The van der Waals surface area contributed by atoms with Gasteiger partial charge in [0.05, 0.1) is 11.1 Å². The first-order chi connectivity index (χ1) is 10.9. The molecule has 0 N–H and O–H groups in total. The number of rotatable bonds is 9. The van der Waals surface area contributed by atoms with Crippen LogP contribution in [0.25, 0.3) is 6.08 Å². The van der Waals surface area contributed by atoms with Crippen LogP contribution in [0.15, 0.2) is 21.4 Å². The van der Waals surface area contributed by atoms with Gasteiger partial charge < -0.3 is 4.43 Å². The van der Waals surface area contributed by atoms with E-state index in [0.717, 1.165) is 11.4 Å². The number of halogens is 1. The van der Waals surface area contributed by atoms with E-state index in [1.807, 2.05) is 6.20 Å². The van der Waals surface area contributed by atoms with E-state index in [2.05, 4.69) is 81.3 Å². The van der Waals surface area contributed by atoms with E-state index in [1.54, 1.807) is 11.3 Å². The lowest BCUT2D eigenvalue weighted by molar-refractivity contribution is 0.225. The van der Waals surface area contributed by atoms with E-state index in [0.29, 0.717) is 0 Å². The van der Waals surface area contributed by atoms with Gasteiger partial charge in [0.25, 0.3) is 0 Å². The van der Waals surface area contributed by atoms with Crippen LogP contribution < -0.4 is 0 Å². The lowest BCUT2D eigenvalue weighted by Gasteiger charge is -2.33. The van der Waals surface area contributed by atoms with Gasteiger partial charge in [-0.05, 0) is 83.1 Å². The average molecular weight is 464 g/mol. The molecule has 0 bridgehead atoms. The molecule has 5 heteroatoms. The van der Waals surface area contributed by atoms with Crippen LogP contribution in [-0.2, 0) is 4.43 Å². The molecule has 23 heavy (non-hydrogen) atoms. The maximum atomic E-state index is 6.78. The van der Waals surface area contributed by atoms with Gasteiger partial charge in [-0.1, -0.05) is 26.8 Å². The quantitative estimate of drug-likeness (QED) is 0.291. The summed E-state index contributed by atoms with van der Waals surface area (Å²) < 4.78 is 8.11. The Balaban J connectivity index is 3.03. The molecule has 0 saturated heterocycles. The third kappa shape index (κ3) is 6.80. The molecule has 0 aliphatic heterocycles. The smallest absolute Gasteiger partial charge is 0.192 e. The first-order valence-electron chi connectivity index (χ1n) is 8.46. The van der Waals surface area contributed by atoms with Crippen molar-refractivity contribution in [2.24, 2.45) is 0 Å². The van der Waals surface area contributed by atoms with Crippen LogP contribution in [-0.4, -0.2) is 19.4 Å². The van der Waals surface area contributed by atoms with Crippen molar-refractivity contribution in [2.45, 2.75) is 72.2 Å². The molecular weight excluding hydrogens is 433 g/mol. The Hall–Kier alpha value is 0.0169. The molecular formula is C18H30INOSSi. The van der Waals surface area contributed by atoms with Crippen molar-refractivity contribution in [3.8, 4) is 0 Å². The van der Waals surface area contributed by atoms with E-state index in [9.17, 15) is 0 Å². The van der Waals surface area contributed by atoms with Crippen LogP contribution in [0.3, 0.4) is 0 Å². The zero-order valence-corrected chi connectivity index (χ0v) is 19.3. The molecule has 1 unspecified atom stereocenters. The Morgan fingerprint density at radius 1 is 1.30 bits per heavy atom. The second kappa shape index (κ2) is 10.1. The molecule has 0 amide bonds. The Labute approximate surface area is 160 Å². The highest BCUT2D eigenvalue weighted by Crippen LogP contribution is 2.29. The molecule has 0 aromatic carbocycles. The number of aromatic nitrogens is 1. The van der Waals surface area contributed by atoms with Gasteiger partial charge in [-0.3, -0.25) is 0 Å². The second-order valence-corrected chi connectivity index (χ2v) is 13.7. The monoisotopic (exact) mass is 463 g/mol. The van der Waals surface area contributed by atoms with Crippen LogP contribution in [0.5, 0.6) is 0 Å². The molecule has 0 saturated carbocycles. The normalized spacial score (nSPS) is 15.1. The van der Waals surface area contributed by atoms with Crippen molar-refractivity contribution in [1.82, 2.24) is 4.98 Å². The van der Waals surface area contributed by atoms with Crippen LogP contribution in [0.1, 0.15) is 50.9 Å². The molecule has 1 aromatic heterocycles. The molecule has 2 nitrogen and oxygen atoms in total. The number of hydrogen-bond acceptors (Lipinski definition) is 3. The third-order valence-electron chi connectivity index (χ3n) is 4.46. The number of thiazole rings is 1. The molecule has 0 spiro atoms. The molecule has 1 aromatic rings. The summed E-state index contributed by atoms with van der Waals surface area (Å²) in [5.74, 6) is 0. The molecule has 1 atom stereocenters. The fourth-order valence-electron chi connectivity index (χ4n) is 2.66. The zero-order valence-electron chi connectivity index (χ0n) is 15.3. The van der Waals surface area contributed by atoms with Crippen molar-refractivity contribution in [2.75, 3.05) is 0 Å². The molecule has 1 heterocycles. The van der Waals surface area contributed by atoms with Crippen molar-refractivity contribution in [1.29, 1.82) is 0 Å². The fourth-order valence-corrected chi connectivity index (χ4v) is 6.60. The summed E-state index contributed by atoms with van der Waals surface area (Å²) in [4.78, 5) is 5.58. The molecule has 0 radical (unpaired) electrons. The summed E-state index contributed by atoms with van der Waals surface area (Å²) >= 11 is 4.13. The number of allylic oxidation sites excluding steroid dienone is 1. The Morgan fingerprint density at radius 2 is 1.91 bits per heavy atom. The zero-order chi connectivity index (χ0) is 17.5. The molecule has 130 valence electrons. The van der Waals surface area contributed by atoms with E-state index in [4.69, 9.17) is 4.43 Å². The van der Waals surface area contributed by atoms with Crippen molar-refractivity contribution >= 4 is 48.3 Å². The lowest BCUT2D eigenvalue weighted by atomic mass is 10.1. The SMILES string of the molecule is CC[Si](CC)(CC)OC(C/C=C(/C)I)/C(C)=C/c1cnc(C)s1. The highest BCUT2D eigenvalue weighted by molar-refractivity contribution is 14.1. The molecule has 0 aliphatic rings. The summed E-state index contributed by atoms with van der Waals surface area (Å²) in [5.41, 5.74) is 1.31. The topological polar surface area (TPSA) is 22.1 Å². The van der Waals surface area contributed by atoms with Crippen LogP contribution in [0.2, 0.25) is 18.1 Å². The highest BCUT2D eigenvalue weighted by atomic mass is 127. The van der Waals surface area contributed by atoms with Gasteiger partial charge in [-0.15, -0.1) is 11.3 Å². The molecule has 0 fully saturated rings. The fraction of sp³-hybridized carbons (Fsp3) is 0.611.